The van der Waals surface area contributed by atoms with Gasteiger partial charge in [0.15, 0.2) is 21.3 Å². The summed E-state index contributed by atoms with van der Waals surface area (Å²) in [5.41, 5.74) is 3.06. The average molecular weight is 568 g/mol. The van der Waals surface area contributed by atoms with E-state index in [0.717, 1.165) is 31.2 Å². The molecular formula is C31H37NO7S. The van der Waals surface area contributed by atoms with Crippen molar-refractivity contribution in [3.8, 4) is 23.0 Å². The summed E-state index contributed by atoms with van der Waals surface area (Å²) in [6.45, 7) is 6.38. The molecule has 1 aliphatic rings. The summed E-state index contributed by atoms with van der Waals surface area (Å²) in [5, 5.41) is 7.92. The maximum absolute atomic E-state index is 14.0. The molecule has 1 atom stereocenters. The van der Waals surface area contributed by atoms with E-state index in [0.29, 0.717) is 28.6 Å². The molecule has 40 heavy (non-hydrogen) atoms. The van der Waals surface area contributed by atoms with Gasteiger partial charge in [0.05, 0.1) is 23.4 Å². The van der Waals surface area contributed by atoms with Crippen LogP contribution in [0.15, 0.2) is 71.6 Å². The molecule has 1 amide bonds. The molecular weight excluding hydrogens is 530 g/mol. The van der Waals surface area contributed by atoms with Crippen molar-refractivity contribution in [2.75, 3.05) is 7.11 Å². The second kappa shape index (κ2) is 12.3. The van der Waals surface area contributed by atoms with Crippen LogP contribution in [0.4, 0.5) is 0 Å². The van der Waals surface area contributed by atoms with Gasteiger partial charge < -0.3 is 14.2 Å². The van der Waals surface area contributed by atoms with Gasteiger partial charge in [-0.2, -0.15) is 0 Å². The summed E-state index contributed by atoms with van der Waals surface area (Å²) in [5.74, 6) is 0.973. The zero-order chi connectivity index (χ0) is 28.9. The zero-order valence-corrected chi connectivity index (χ0v) is 24.2. The van der Waals surface area contributed by atoms with Crippen molar-refractivity contribution in [3.63, 3.8) is 0 Å². The molecule has 214 valence electrons. The average Bonchev–Trinajstić information content (AvgIpc) is 3.44. The number of hydrogen-bond donors (Lipinski definition) is 2. The van der Waals surface area contributed by atoms with Crippen LogP contribution in [0.3, 0.4) is 0 Å². The zero-order valence-electron chi connectivity index (χ0n) is 23.3. The quantitative estimate of drug-likeness (QED) is 0.212. The van der Waals surface area contributed by atoms with Crippen LogP contribution in [0.25, 0.3) is 0 Å². The van der Waals surface area contributed by atoms with E-state index in [1.807, 2.05) is 24.3 Å². The first-order chi connectivity index (χ1) is 19.0. The van der Waals surface area contributed by atoms with Crippen LogP contribution in [0.2, 0.25) is 0 Å². The molecule has 0 spiro atoms. The Morgan fingerprint density at radius 3 is 2.30 bits per heavy atom. The second-order valence-electron chi connectivity index (χ2n) is 11.1. The first-order valence-corrected chi connectivity index (χ1v) is 15.0. The number of carbonyl (C=O) groups excluding carboxylic acids is 1. The normalized spacial score (nSPS) is 14.9. The number of nitrogens with one attached hydrogen (secondary N) is 1. The molecule has 1 fully saturated rings. The van der Waals surface area contributed by atoms with E-state index in [1.54, 1.807) is 35.8 Å². The summed E-state index contributed by atoms with van der Waals surface area (Å²) in [7, 11) is -2.61. The van der Waals surface area contributed by atoms with Crippen molar-refractivity contribution >= 4 is 15.7 Å². The van der Waals surface area contributed by atoms with Gasteiger partial charge in [0.1, 0.15) is 11.5 Å². The minimum absolute atomic E-state index is 0.00320. The van der Waals surface area contributed by atoms with E-state index < -0.39 is 27.4 Å². The third-order valence-corrected chi connectivity index (χ3v) is 9.21. The van der Waals surface area contributed by atoms with Crippen molar-refractivity contribution in [1.29, 1.82) is 0 Å². The van der Waals surface area contributed by atoms with Gasteiger partial charge >= 0.3 is 0 Å². The first kappa shape index (κ1) is 29.4. The topological polar surface area (TPSA) is 111 Å². The Morgan fingerprint density at radius 2 is 1.68 bits per heavy atom. The Morgan fingerprint density at radius 1 is 0.975 bits per heavy atom. The summed E-state index contributed by atoms with van der Waals surface area (Å²) in [4.78, 5) is 12.2. The maximum Gasteiger partial charge on any atom is 0.244 e. The minimum Gasteiger partial charge on any atom is -0.493 e. The Balaban J connectivity index is 1.66. The predicted molar refractivity (Wildman–Crippen MR) is 152 cm³/mol. The van der Waals surface area contributed by atoms with Crippen LogP contribution in [-0.4, -0.2) is 32.7 Å². The maximum atomic E-state index is 14.0. The van der Waals surface area contributed by atoms with Gasteiger partial charge in [0.25, 0.3) is 0 Å². The van der Waals surface area contributed by atoms with Gasteiger partial charge in [-0.25, -0.2) is 13.9 Å². The van der Waals surface area contributed by atoms with Crippen molar-refractivity contribution in [2.24, 2.45) is 0 Å². The molecule has 1 aliphatic carbocycles. The second-order valence-corrected chi connectivity index (χ2v) is 13.2. The third-order valence-electron chi connectivity index (χ3n) is 7.12. The van der Waals surface area contributed by atoms with Crippen LogP contribution >= 0.6 is 0 Å². The highest BCUT2D eigenvalue weighted by Gasteiger charge is 2.33. The van der Waals surface area contributed by atoms with Gasteiger partial charge in [-0.3, -0.25) is 10.0 Å². The van der Waals surface area contributed by atoms with Crippen LogP contribution in [0, 0.1) is 0 Å². The molecule has 3 aromatic carbocycles. The molecule has 8 nitrogen and oxygen atoms in total. The molecule has 2 N–H and O–H groups in total. The monoisotopic (exact) mass is 567 g/mol. The van der Waals surface area contributed by atoms with E-state index in [9.17, 15) is 18.4 Å². The lowest BCUT2D eigenvalue weighted by molar-refractivity contribution is -0.129. The molecule has 0 aliphatic heterocycles. The number of rotatable bonds is 10. The Bertz CT molecular complexity index is 1420. The number of methoxy groups -OCH3 is 1. The fraction of sp³-hybridized carbons (Fsp3) is 0.387. The summed E-state index contributed by atoms with van der Waals surface area (Å²) in [6.07, 6.45) is 3.41. The van der Waals surface area contributed by atoms with Gasteiger partial charge in [-0.1, -0.05) is 45.0 Å². The smallest absolute Gasteiger partial charge is 0.244 e. The van der Waals surface area contributed by atoms with Crippen LogP contribution < -0.4 is 19.7 Å². The number of hydrogen-bond acceptors (Lipinski definition) is 7. The Labute approximate surface area is 236 Å². The predicted octanol–water partition coefficient (Wildman–Crippen LogP) is 6.52. The van der Waals surface area contributed by atoms with Crippen molar-refractivity contribution in [2.45, 2.75) is 74.5 Å². The standard InChI is InChI=1S/C31H37NO7S/c1-31(2,3)22-12-14-24(15-13-22)38-25-11-7-8-21(18-25)29(20-30(33)32-34)40(35,36)26-16-17-27(37-4)28(19-26)39-23-9-5-6-10-23/h7-8,11-19,23,29,34H,5-6,9-10,20H2,1-4H3,(H,32,33). The minimum atomic E-state index is -4.12. The number of sulfone groups is 1. The van der Waals surface area contributed by atoms with Crippen molar-refractivity contribution in [1.82, 2.24) is 5.48 Å². The number of hydroxylamine groups is 1. The highest BCUT2D eigenvalue weighted by atomic mass is 32.2. The van der Waals surface area contributed by atoms with E-state index in [4.69, 9.17) is 14.2 Å². The van der Waals surface area contributed by atoms with Crippen LogP contribution in [0.5, 0.6) is 23.0 Å². The molecule has 0 aromatic heterocycles. The van der Waals surface area contributed by atoms with Crippen molar-refractivity contribution < 1.29 is 32.6 Å². The van der Waals surface area contributed by atoms with E-state index in [2.05, 4.69) is 20.8 Å². The van der Waals surface area contributed by atoms with Gasteiger partial charge in [0, 0.05) is 12.5 Å². The Hall–Kier alpha value is -3.56. The molecule has 3 aromatic rings. The molecule has 0 bridgehead atoms. The molecule has 0 heterocycles. The summed E-state index contributed by atoms with van der Waals surface area (Å²) in [6, 6.07) is 18.8. The number of benzene rings is 3. The molecule has 1 saturated carbocycles. The molecule has 4 rings (SSSR count). The lowest BCUT2D eigenvalue weighted by Crippen LogP contribution is -2.25. The number of carbonyl (C=O) groups is 1. The first-order valence-electron chi connectivity index (χ1n) is 13.4. The number of ether oxygens (including phenoxy) is 3. The fourth-order valence-electron chi connectivity index (χ4n) is 4.83. The van der Waals surface area contributed by atoms with Crippen molar-refractivity contribution in [3.05, 3.63) is 77.9 Å². The van der Waals surface area contributed by atoms with Gasteiger partial charge in [0.2, 0.25) is 5.91 Å². The third kappa shape index (κ3) is 6.95. The lowest BCUT2D eigenvalue weighted by atomic mass is 9.87. The SMILES string of the molecule is COc1ccc(S(=O)(=O)C(CC(=O)NO)c2cccc(Oc3ccc(C(C)(C)C)cc3)c2)cc1OC1CCCC1. The number of amides is 1. The van der Waals surface area contributed by atoms with E-state index >= 15 is 0 Å². The van der Waals surface area contributed by atoms with Gasteiger partial charge in [-0.05, 0) is 78.6 Å². The molecule has 1 unspecified atom stereocenters. The molecule has 0 radical (unpaired) electrons. The molecule has 0 saturated heterocycles. The van der Waals surface area contributed by atoms with Crippen LogP contribution in [-0.2, 0) is 20.0 Å². The summed E-state index contributed by atoms with van der Waals surface area (Å²) < 4.78 is 45.5. The van der Waals surface area contributed by atoms with Gasteiger partial charge in [-0.15, -0.1) is 0 Å². The Kier molecular flexibility index (Phi) is 9.05. The molecule has 9 heteroatoms. The van der Waals surface area contributed by atoms with E-state index in [1.165, 1.54) is 19.2 Å². The van der Waals surface area contributed by atoms with E-state index in [-0.39, 0.29) is 16.4 Å². The van der Waals surface area contributed by atoms with Crippen LogP contribution in [0.1, 0.15) is 69.3 Å². The fourth-order valence-corrected chi connectivity index (χ4v) is 6.57. The lowest BCUT2D eigenvalue weighted by Gasteiger charge is -2.21. The highest BCUT2D eigenvalue weighted by molar-refractivity contribution is 7.91. The highest BCUT2D eigenvalue weighted by Crippen LogP contribution is 2.39. The summed E-state index contributed by atoms with van der Waals surface area (Å²) >= 11 is 0. The largest absolute Gasteiger partial charge is 0.493 e.